The summed E-state index contributed by atoms with van der Waals surface area (Å²) in [5, 5.41) is 17.1. The molecule has 0 saturated carbocycles. The van der Waals surface area contributed by atoms with E-state index in [2.05, 4.69) is 20.7 Å². The topological polar surface area (TPSA) is 92.0 Å². The number of halogens is 4. The van der Waals surface area contributed by atoms with Crippen LogP contribution in [0.2, 0.25) is 0 Å². The normalized spacial score (nSPS) is 24.7. The molecule has 282 valence electrons. The van der Waals surface area contributed by atoms with Crippen molar-refractivity contribution in [1.29, 1.82) is 0 Å². The Morgan fingerprint density at radius 3 is 2.52 bits per heavy atom. The summed E-state index contributed by atoms with van der Waals surface area (Å²) in [4.78, 5) is 16.1. The molecule has 2 aromatic heterocycles. The van der Waals surface area contributed by atoms with E-state index < -0.39 is 29.6 Å². The summed E-state index contributed by atoms with van der Waals surface area (Å²) in [6, 6.07) is 5.34. The molecule has 0 spiro atoms. The first kappa shape index (κ1) is 35.0. The van der Waals surface area contributed by atoms with Crippen molar-refractivity contribution in [2.24, 2.45) is 18.4 Å². The number of rotatable bonds is 7. The van der Waals surface area contributed by atoms with Crippen LogP contribution in [0.25, 0.3) is 43.7 Å². The second-order valence-corrected chi connectivity index (χ2v) is 15.9. The van der Waals surface area contributed by atoms with Gasteiger partial charge in [0.15, 0.2) is 5.82 Å². The lowest BCUT2D eigenvalue weighted by molar-refractivity contribution is -0.169. The molecule has 3 atom stereocenters. The maximum Gasteiger partial charge on any atom is 0.319 e. The molecule has 9 rings (SSSR count). The van der Waals surface area contributed by atoms with Gasteiger partial charge in [0.05, 0.1) is 29.6 Å². The van der Waals surface area contributed by atoms with E-state index in [0.717, 1.165) is 45.7 Å². The van der Waals surface area contributed by atoms with Crippen molar-refractivity contribution in [3.63, 3.8) is 0 Å². The average molecular weight is 744 g/mol. The third-order valence-electron chi connectivity index (χ3n) is 12.0. The molecule has 5 aromatic rings. The zero-order valence-electron chi connectivity index (χ0n) is 30.4. The first-order chi connectivity index (χ1) is 25.8. The maximum atomic E-state index is 17.7. The van der Waals surface area contributed by atoms with Crippen molar-refractivity contribution in [1.82, 2.24) is 29.5 Å². The number of nitrogens with zero attached hydrogens (tertiary/aromatic N) is 7. The number of phenols is 1. The molecule has 10 nitrogen and oxygen atoms in total. The molecule has 3 aromatic carbocycles. The number of phenolic OH excluding ortho intramolecular Hbond substituents is 1. The monoisotopic (exact) mass is 743 g/mol. The Kier molecular flexibility index (Phi) is 8.22. The van der Waals surface area contributed by atoms with Gasteiger partial charge in [0.1, 0.15) is 35.0 Å². The van der Waals surface area contributed by atoms with Gasteiger partial charge in [-0.15, -0.1) is 6.42 Å². The van der Waals surface area contributed by atoms with Gasteiger partial charge in [-0.2, -0.15) is 15.1 Å². The van der Waals surface area contributed by atoms with E-state index in [9.17, 15) is 5.11 Å². The first-order valence-electron chi connectivity index (χ1n) is 18.4. The van der Waals surface area contributed by atoms with E-state index in [1.807, 2.05) is 4.90 Å². The Morgan fingerprint density at radius 2 is 1.81 bits per heavy atom. The Hall–Kier alpha value is -4.71. The molecule has 6 heterocycles. The Morgan fingerprint density at radius 1 is 1.06 bits per heavy atom. The Labute approximate surface area is 309 Å². The van der Waals surface area contributed by atoms with Crippen molar-refractivity contribution in [2.75, 3.05) is 64.5 Å². The summed E-state index contributed by atoms with van der Waals surface area (Å²) in [5.74, 6) is -1.33. The van der Waals surface area contributed by atoms with Gasteiger partial charge >= 0.3 is 6.01 Å². The van der Waals surface area contributed by atoms with Crippen LogP contribution >= 0.6 is 0 Å². The van der Waals surface area contributed by atoms with Crippen molar-refractivity contribution in [3.8, 4) is 35.2 Å². The van der Waals surface area contributed by atoms with E-state index in [-0.39, 0.29) is 76.5 Å². The summed E-state index contributed by atoms with van der Waals surface area (Å²) in [6.45, 7) is 5.43. The van der Waals surface area contributed by atoms with Crippen LogP contribution in [0.3, 0.4) is 0 Å². The second kappa shape index (κ2) is 12.7. The minimum absolute atomic E-state index is 0.0420. The minimum Gasteiger partial charge on any atom is -0.508 e. The van der Waals surface area contributed by atoms with Crippen molar-refractivity contribution < 1.29 is 32.1 Å². The quantitative estimate of drug-likeness (QED) is 0.160. The largest absolute Gasteiger partial charge is 0.508 e. The van der Waals surface area contributed by atoms with Gasteiger partial charge in [0, 0.05) is 86.7 Å². The zero-order valence-corrected chi connectivity index (χ0v) is 30.4. The van der Waals surface area contributed by atoms with Gasteiger partial charge < -0.3 is 24.4 Å². The van der Waals surface area contributed by atoms with Gasteiger partial charge in [0.2, 0.25) is 0 Å². The number of piperazine rings is 1. The SMILES string of the molecule is C#Cc1c(F)ccc2cc(O)cc(-c3c(F)c4nc(OC[C@@]5(C)CN(C)CCC5(F)F)nc(N5C6CCC5CN(CC5COC5)C6)c4c4cn(C)nc34)c12. The molecule has 4 fully saturated rings. The van der Waals surface area contributed by atoms with Gasteiger partial charge in [-0.3, -0.25) is 9.58 Å². The fraction of sp³-hybridized carbons (Fsp3) is 0.475. The first-order valence-corrected chi connectivity index (χ1v) is 18.4. The lowest BCUT2D eigenvalue weighted by Gasteiger charge is -2.44. The number of alkyl halides is 2. The molecular formula is C40H41F4N7O3. The van der Waals surface area contributed by atoms with Crippen LogP contribution < -0.4 is 9.64 Å². The van der Waals surface area contributed by atoms with Gasteiger partial charge in [-0.1, -0.05) is 12.0 Å². The number of hydrogen-bond acceptors (Lipinski definition) is 9. The molecular weight excluding hydrogens is 702 g/mol. The fourth-order valence-corrected chi connectivity index (χ4v) is 9.21. The molecule has 4 aliphatic rings. The van der Waals surface area contributed by atoms with Crippen LogP contribution in [-0.4, -0.2) is 112 Å². The molecule has 1 N–H and O–H groups in total. The van der Waals surface area contributed by atoms with Crippen molar-refractivity contribution in [3.05, 3.63) is 47.7 Å². The number of aromatic nitrogens is 4. The van der Waals surface area contributed by atoms with E-state index >= 15 is 17.6 Å². The fourth-order valence-electron chi connectivity index (χ4n) is 9.21. The van der Waals surface area contributed by atoms with Crippen molar-refractivity contribution >= 4 is 38.4 Å². The van der Waals surface area contributed by atoms with Crippen LogP contribution in [0.4, 0.5) is 23.4 Å². The number of ether oxygens (including phenoxy) is 2. The van der Waals surface area contributed by atoms with Gasteiger partial charge in [0.25, 0.3) is 5.92 Å². The van der Waals surface area contributed by atoms with Gasteiger partial charge in [-0.25, -0.2) is 17.6 Å². The molecule has 4 aliphatic heterocycles. The van der Waals surface area contributed by atoms with Crippen LogP contribution in [0.1, 0.15) is 31.7 Å². The molecule has 54 heavy (non-hydrogen) atoms. The molecule has 0 radical (unpaired) electrons. The van der Waals surface area contributed by atoms with Crippen molar-refractivity contribution in [2.45, 2.75) is 44.2 Å². The average Bonchev–Trinajstić information content (AvgIpc) is 3.62. The van der Waals surface area contributed by atoms with Crippen LogP contribution in [0.5, 0.6) is 11.8 Å². The summed E-state index contributed by atoms with van der Waals surface area (Å²) < 4.78 is 77.0. The molecule has 4 saturated heterocycles. The second-order valence-electron chi connectivity index (χ2n) is 15.9. The van der Waals surface area contributed by atoms with E-state index in [4.69, 9.17) is 26.0 Å². The number of aromatic hydroxyl groups is 1. The number of hydrogen-bond donors (Lipinski definition) is 1. The van der Waals surface area contributed by atoms with E-state index in [1.165, 1.54) is 31.2 Å². The highest BCUT2D eigenvalue weighted by Crippen LogP contribution is 2.48. The number of terminal acetylenes is 1. The standard InChI is InChI=1S/C40H41F4N7O3/c1-5-27-30(41)9-6-23-12-26(52)13-28(31(23)27)32-34(42)36-33(29-17-49(4)47-35(29)32)37(51-24-7-8-25(51)16-50(15-24)14-22-18-53-19-22)46-38(45-36)54-21-39(2)20-48(3)11-10-40(39,43)44/h1,6,9,12-13,17,22,24-25,52H,7-8,10-11,14-16,18-21H2,2-4H3/t24?,25?,39-/m1/s1. The molecule has 14 heteroatoms. The van der Waals surface area contributed by atoms with E-state index in [0.29, 0.717) is 27.9 Å². The van der Waals surface area contributed by atoms with E-state index in [1.54, 1.807) is 25.0 Å². The maximum absolute atomic E-state index is 17.7. The summed E-state index contributed by atoms with van der Waals surface area (Å²) in [7, 11) is 3.51. The Bertz CT molecular complexity index is 2360. The molecule has 2 bridgehead atoms. The lowest BCUT2D eigenvalue weighted by atomic mass is 9.79. The number of fused-ring (bicyclic) bond motifs is 6. The zero-order chi connectivity index (χ0) is 37.7. The predicted octanol–water partition coefficient (Wildman–Crippen LogP) is 5.96. The number of benzene rings is 3. The molecule has 0 amide bonds. The number of aryl methyl sites for hydroxylation is 1. The summed E-state index contributed by atoms with van der Waals surface area (Å²) >= 11 is 0. The van der Waals surface area contributed by atoms with Crippen LogP contribution in [0.15, 0.2) is 30.5 Å². The minimum atomic E-state index is -3.01. The number of piperidine rings is 1. The summed E-state index contributed by atoms with van der Waals surface area (Å²) in [6.07, 6.45) is 9.04. The number of likely N-dealkylation sites (tertiary alicyclic amines) is 2. The smallest absolute Gasteiger partial charge is 0.319 e. The summed E-state index contributed by atoms with van der Waals surface area (Å²) in [5.41, 5.74) is -1.41. The highest BCUT2D eigenvalue weighted by molar-refractivity contribution is 6.18. The highest BCUT2D eigenvalue weighted by Gasteiger charge is 2.54. The molecule has 0 aliphatic carbocycles. The van der Waals surface area contributed by atoms with Gasteiger partial charge in [-0.05, 0) is 56.0 Å². The third kappa shape index (κ3) is 5.54. The van der Waals surface area contributed by atoms with Crippen LogP contribution in [0, 0.1) is 35.3 Å². The third-order valence-corrected chi connectivity index (χ3v) is 12.0. The Balaban J connectivity index is 1.26. The number of anilines is 1. The van der Waals surface area contributed by atoms with Crippen LogP contribution in [-0.2, 0) is 11.8 Å². The lowest BCUT2D eigenvalue weighted by Crippen LogP contribution is -2.56. The predicted molar refractivity (Wildman–Crippen MR) is 197 cm³/mol. The highest BCUT2D eigenvalue weighted by atomic mass is 19.3. The molecule has 2 unspecified atom stereocenters.